The molecule has 0 spiro atoms. The van der Waals surface area contributed by atoms with Crippen LogP contribution in [0.4, 0.5) is 4.79 Å². The van der Waals surface area contributed by atoms with Gasteiger partial charge in [0.2, 0.25) is 0 Å². The van der Waals surface area contributed by atoms with Crippen molar-refractivity contribution in [3.63, 3.8) is 0 Å². The molecule has 0 aromatic carbocycles. The first-order valence-electron chi connectivity index (χ1n) is 5.79. The SMILES string of the molecule is O=C1NCCO1.c1cnoc1.c1cocn1.c1cscn1. The van der Waals surface area contributed by atoms with Crippen molar-refractivity contribution >= 4 is 17.4 Å². The highest BCUT2D eigenvalue weighted by Crippen LogP contribution is 1.86. The number of aromatic nitrogens is 3. The number of thiazole rings is 1. The zero-order chi connectivity index (χ0) is 15.0. The molecule has 1 aliphatic rings. The molecule has 0 unspecified atom stereocenters. The second-order valence-corrected chi connectivity index (χ2v) is 3.86. The Morgan fingerprint density at radius 3 is 2.33 bits per heavy atom. The van der Waals surface area contributed by atoms with E-state index in [1.54, 1.807) is 41.5 Å². The molecule has 0 radical (unpaired) electrons. The zero-order valence-electron chi connectivity index (χ0n) is 11.0. The summed E-state index contributed by atoms with van der Waals surface area (Å²) in [6, 6.07) is 1.72. The van der Waals surface area contributed by atoms with E-state index in [1.807, 2.05) is 5.38 Å². The highest BCUT2D eigenvalue weighted by molar-refractivity contribution is 7.07. The van der Waals surface area contributed by atoms with Gasteiger partial charge in [0.05, 0.1) is 24.4 Å². The number of oxazole rings is 1. The molecule has 1 fully saturated rings. The summed E-state index contributed by atoms with van der Waals surface area (Å²) in [4.78, 5) is 17.2. The summed E-state index contributed by atoms with van der Waals surface area (Å²) in [5.74, 6) is 0. The summed E-state index contributed by atoms with van der Waals surface area (Å²) in [5.41, 5.74) is 1.79. The van der Waals surface area contributed by atoms with Crippen LogP contribution in [0.3, 0.4) is 0 Å². The highest BCUT2D eigenvalue weighted by atomic mass is 32.1. The molecular weight excluding hydrogens is 296 g/mol. The predicted molar refractivity (Wildman–Crippen MR) is 74.5 cm³/mol. The van der Waals surface area contributed by atoms with Crippen molar-refractivity contribution in [1.29, 1.82) is 0 Å². The van der Waals surface area contributed by atoms with E-state index in [2.05, 4.69) is 34.1 Å². The van der Waals surface area contributed by atoms with Crippen LogP contribution in [0, 0.1) is 0 Å². The van der Waals surface area contributed by atoms with Gasteiger partial charge < -0.3 is 19.0 Å². The molecule has 4 heterocycles. The summed E-state index contributed by atoms with van der Waals surface area (Å²) in [6.45, 7) is 1.19. The van der Waals surface area contributed by atoms with Gasteiger partial charge in [-0.2, -0.15) is 0 Å². The van der Waals surface area contributed by atoms with E-state index in [0.717, 1.165) is 0 Å². The van der Waals surface area contributed by atoms with Crippen LogP contribution in [-0.4, -0.2) is 34.4 Å². The molecular formula is C12H14N4O4S. The highest BCUT2D eigenvalue weighted by Gasteiger charge is 2.06. The Kier molecular flexibility index (Phi) is 9.64. The molecule has 1 amide bonds. The molecule has 1 aliphatic heterocycles. The third-order valence-electron chi connectivity index (χ3n) is 1.65. The number of nitrogens with one attached hydrogen (secondary N) is 1. The van der Waals surface area contributed by atoms with Gasteiger partial charge in [0.15, 0.2) is 6.39 Å². The fourth-order valence-electron chi connectivity index (χ4n) is 0.875. The van der Waals surface area contributed by atoms with Gasteiger partial charge in [0.1, 0.15) is 19.1 Å². The van der Waals surface area contributed by atoms with Crippen molar-refractivity contribution in [2.75, 3.05) is 13.2 Å². The van der Waals surface area contributed by atoms with Crippen molar-refractivity contribution in [2.45, 2.75) is 0 Å². The monoisotopic (exact) mass is 310 g/mol. The van der Waals surface area contributed by atoms with Gasteiger partial charge >= 0.3 is 6.09 Å². The number of hydrogen-bond acceptors (Lipinski definition) is 8. The Labute approximate surface area is 124 Å². The van der Waals surface area contributed by atoms with E-state index < -0.39 is 0 Å². The zero-order valence-corrected chi connectivity index (χ0v) is 11.8. The molecule has 112 valence electrons. The predicted octanol–water partition coefficient (Wildman–Crippen LogP) is 2.22. The minimum atomic E-state index is -0.296. The quantitative estimate of drug-likeness (QED) is 0.679. The Morgan fingerprint density at radius 1 is 1.19 bits per heavy atom. The molecule has 3 aromatic rings. The molecule has 8 nitrogen and oxygen atoms in total. The molecule has 0 bridgehead atoms. The lowest BCUT2D eigenvalue weighted by atomic mass is 10.7. The van der Waals surface area contributed by atoms with E-state index in [-0.39, 0.29) is 6.09 Å². The fraction of sp³-hybridized carbons (Fsp3) is 0.167. The van der Waals surface area contributed by atoms with Gasteiger partial charge in [0.25, 0.3) is 0 Å². The van der Waals surface area contributed by atoms with Crippen LogP contribution in [0.2, 0.25) is 0 Å². The first kappa shape index (κ1) is 16.4. The van der Waals surface area contributed by atoms with Crippen LogP contribution in [0.15, 0.2) is 63.4 Å². The molecule has 9 heteroatoms. The third-order valence-corrected chi connectivity index (χ3v) is 2.17. The Morgan fingerprint density at radius 2 is 2.14 bits per heavy atom. The number of amides is 1. The van der Waals surface area contributed by atoms with Crippen molar-refractivity contribution in [3.05, 3.63) is 54.5 Å². The second kappa shape index (κ2) is 12.4. The van der Waals surface area contributed by atoms with Crippen LogP contribution in [-0.2, 0) is 4.74 Å². The van der Waals surface area contributed by atoms with Gasteiger partial charge in [-0.3, -0.25) is 4.98 Å². The van der Waals surface area contributed by atoms with Gasteiger partial charge in [-0.15, -0.1) is 11.3 Å². The van der Waals surface area contributed by atoms with Crippen LogP contribution < -0.4 is 5.32 Å². The summed E-state index contributed by atoms with van der Waals surface area (Å²) in [5, 5.41) is 7.74. The minimum Gasteiger partial charge on any atom is -0.452 e. The first-order chi connectivity index (χ1) is 10.4. The molecule has 0 saturated carbocycles. The Bertz CT molecular complexity index is 391. The van der Waals surface area contributed by atoms with E-state index in [4.69, 9.17) is 0 Å². The maximum atomic E-state index is 9.91. The maximum Gasteiger partial charge on any atom is 0.407 e. The average molecular weight is 310 g/mol. The van der Waals surface area contributed by atoms with E-state index in [0.29, 0.717) is 13.2 Å². The molecule has 0 aliphatic carbocycles. The number of rotatable bonds is 0. The summed E-state index contributed by atoms with van der Waals surface area (Å²) < 4.78 is 13.2. The number of carbonyl (C=O) groups is 1. The number of alkyl carbamates (subject to hydrolysis) is 1. The number of ether oxygens (including phenoxy) is 1. The smallest absolute Gasteiger partial charge is 0.407 e. The molecule has 1 saturated heterocycles. The Hall–Kier alpha value is -2.68. The van der Waals surface area contributed by atoms with E-state index >= 15 is 0 Å². The van der Waals surface area contributed by atoms with Crippen LogP contribution in [0.5, 0.6) is 0 Å². The lowest BCUT2D eigenvalue weighted by Gasteiger charge is -1.80. The first-order valence-corrected chi connectivity index (χ1v) is 6.73. The second-order valence-electron chi connectivity index (χ2n) is 3.10. The van der Waals surface area contributed by atoms with Crippen molar-refractivity contribution in [1.82, 2.24) is 20.4 Å². The lowest BCUT2D eigenvalue weighted by Crippen LogP contribution is -2.11. The van der Waals surface area contributed by atoms with Crippen LogP contribution in [0.25, 0.3) is 0 Å². The minimum absolute atomic E-state index is 0.296. The average Bonchev–Trinajstić information content (AvgIpc) is 3.28. The maximum absolute atomic E-state index is 9.91. The van der Waals surface area contributed by atoms with E-state index in [9.17, 15) is 4.79 Å². The largest absolute Gasteiger partial charge is 0.452 e. The standard InChI is InChI=1S/C3H5NO2.2C3H3NO.C3H3NS/c5-3-4-1-2-6-3;1-2-5-3-4-1;1-2-4-5-3-1;1-2-5-3-4-1/h1-2H2,(H,4,5);3*1-3H. The normalized spacial score (nSPS) is 11.3. The molecule has 3 aromatic heterocycles. The van der Waals surface area contributed by atoms with Crippen LogP contribution >= 0.6 is 11.3 Å². The van der Waals surface area contributed by atoms with Gasteiger partial charge in [0, 0.05) is 11.6 Å². The molecule has 0 atom stereocenters. The van der Waals surface area contributed by atoms with E-state index in [1.165, 1.54) is 18.9 Å². The van der Waals surface area contributed by atoms with Crippen molar-refractivity contribution < 1.29 is 18.5 Å². The van der Waals surface area contributed by atoms with Gasteiger partial charge in [-0.1, -0.05) is 5.16 Å². The number of carbonyl (C=O) groups excluding carboxylic acids is 1. The third kappa shape index (κ3) is 10.9. The molecule has 1 N–H and O–H groups in total. The number of hydrogen-bond donors (Lipinski definition) is 1. The summed E-state index contributed by atoms with van der Waals surface area (Å²) in [6.07, 6.45) is 9.04. The summed E-state index contributed by atoms with van der Waals surface area (Å²) in [7, 11) is 0. The van der Waals surface area contributed by atoms with Crippen molar-refractivity contribution in [2.24, 2.45) is 0 Å². The Balaban J connectivity index is 0.000000140. The fourth-order valence-corrected chi connectivity index (χ4v) is 1.23. The lowest BCUT2D eigenvalue weighted by molar-refractivity contribution is 0.178. The molecule has 21 heavy (non-hydrogen) atoms. The topological polar surface area (TPSA) is 103 Å². The van der Waals surface area contributed by atoms with Crippen LogP contribution in [0.1, 0.15) is 0 Å². The molecule has 4 rings (SSSR count). The van der Waals surface area contributed by atoms with Gasteiger partial charge in [-0.25, -0.2) is 9.78 Å². The summed E-state index contributed by atoms with van der Waals surface area (Å²) >= 11 is 1.60. The number of nitrogens with zero attached hydrogens (tertiary/aromatic N) is 3. The number of cyclic esters (lactones) is 1. The van der Waals surface area contributed by atoms with Gasteiger partial charge in [-0.05, 0) is 6.07 Å². The van der Waals surface area contributed by atoms with Crippen molar-refractivity contribution in [3.8, 4) is 0 Å².